The van der Waals surface area contributed by atoms with Crippen LogP contribution < -0.4 is 4.90 Å². The number of piperazine rings is 1. The summed E-state index contributed by atoms with van der Waals surface area (Å²) in [5.41, 5.74) is 4.01. The number of amides is 1. The van der Waals surface area contributed by atoms with E-state index in [0.29, 0.717) is 13.1 Å². The molecule has 0 radical (unpaired) electrons. The zero-order chi connectivity index (χ0) is 25.3. The fourth-order valence-corrected chi connectivity index (χ4v) is 5.38. The molecule has 1 amide bonds. The normalized spacial score (nSPS) is 14.2. The summed E-state index contributed by atoms with van der Waals surface area (Å²) in [5.74, 6) is 0.967. The van der Waals surface area contributed by atoms with Crippen molar-refractivity contribution >= 4 is 23.1 Å². The molecule has 0 saturated carbocycles. The molecule has 0 spiro atoms. The van der Waals surface area contributed by atoms with Gasteiger partial charge < -0.3 is 14.5 Å². The Kier molecular flexibility index (Phi) is 6.58. The molecule has 7 heteroatoms. The Morgan fingerprint density at radius 3 is 2.19 bits per heavy atom. The second kappa shape index (κ2) is 9.82. The largest absolute Gasteiger partial charge is 0.444 e. The van der Waals surface area contributed by atoms with Crippen molar-refractivity contribution in [1.82, 2.24) is 14.5 Å². The van der Waals surface area contributed by atoms with E-state index >= 15 is 0 Å². The third-order valence-electron chi connectivity index (χ3n) is 6.14. The van der Waals surface area contributed by atoms with Crippen LogP contribution in [0.15, 0.2) is 72.9 Å². The van der Waals surface area contributed by atoms with Crippen LogP contribution >= 0.6 is 11.3 Å². The first-order valence-electron chi connectivity index (χ1n) is 12.3. The number of hydrogen-bond acceptors (Lipinski definition) is 5. The Balaban J connectivity index is 1.27. The fourth-order valence-electron chi connectivity index (χ4n) is 4.38. The van der Waals surface area contributed by atoms with E-state index in [-0.39, 0.29) is 6.09 Å². The number of benzene rings is 2. The van der Waals surface area contributed by atoms with Gasteiger partial charge in [0.2, 0.25) is 0 Å². The SMILES string of the molecule is Cc1cn(-c2ccccc2)c(-c2ccc(-c3ccc(N4CCN(C(=O)OC(C)(C)C)CC4)cc3)s2)n1. The van der Waals surface area contributed by atoms with Crippen molar-refractivity contribution in [1.29, 1.82) is 0 Å². The smallest absolute Gasteiger partial charge is 0.410 e. The molecule has 1 saturated heterocycles. The van der Waals surface area contributed by atoms with E-state index in [1.807, 2.05) is 45.9 Å². The predicted molar refractivity (Wildman–Crippen MR) is 147 cm³/mol. The van der Waals surface area contributed by atoms with Crippen LogP contribution in [0.3, 0.4) is 0 Å². The second-order valence-corrected chi connectivity index (χ2v) is 11.2. The first-order valence-corrected chi connectivity index (χ1v) is 13.1. The number of anilines is 1. The zero-order valence-electron chi connectivity index (χ0n) is 21.3. The molecule has 1 aliphatic heterocycles. The van der Waals surface area contributed by atoms with E-state index in [9.17, 15) is 4.79 Å². The van der Waals surface area contributed by atoms with Crippen molar-refractivity contribution < 1.29 is 9.53 Å². The lowest BCUT2D eigenvalue weighted by atomic mass is 10.1. The molecule has 5 rings (SSSR count). The molecular weight excluding hydrogens is 468 g/mol. The van der Waals surface area contributed by atoms with E-state index in [4.69, 9.17) is 9.72 Å². The Morgan fingerprint density at radius 1 is 0.861 bits per heavy atom. The predicted octanol–water partition coefficient (Wildman–Crippen LogP) is 6.63. The number of para-hydroxylation sites is 1. The third-order valence-corrected chi connectivity index (χ3v) is 7.27. The fraction of sp³-hybridized carbons (Fsp3) is 0.310. The van der Waals surface area contributed by atoms with Crippen LogP contribution in [0.4, 0.5) is 10.5 Å². The number of carbonyl (C=O) groups excluding carboxylic acids is 1. The first kappa shape index (κ1) is 24.1. The molecule has 6 nitrogen and oxygen atoms in total. The summed E-state index contributed by atoms with van der Waals surface area (Å²) in [4.78, 5) is 23.6. The molecule has 0 N–H and O–H groups in total. The lowest BCUT2D eigenvalue weighted by Crippen LogP contribution is -2.50. The lowest BCUT2D eigenvalue weighted by molar-refractivity contribution is 0.0240. The molecule has 0 bridgehead atoms. The quantitative estimate of drug-likeness (QED) is 0.315. The molecule has 4 aromatic rings. The number of rotatable bonds is 4. The molecule has 0 atom stereocenters. The Morgan fingerprint density at radius 2 is 1.53 bits per heavy atom. The highest BCUT2D eigenvalue weighted by molar-refractivity contribution is 7.18. The van der Waals surface area contributed by atoms with Gasteiger partial charge in [0.05, 0.1) is 10.6 Å². The van der Waals surface area contributed by atoms with Gasteiger partial charge in [-0.25, -0.2) is 9.78 Å². The van der Waals surface area contributed by atoms with Crippen LogP contribution in [0.5, 0.6) is 0 Å². The number of imidazole rings is 1. The van der Waals surface area contributed by atoms with Crippen molar-refractivity contribution in [2.45, 2.75) is 33.3 Å². The van der Waals surface area contributed by atoms with E-state index < -0.39 is 5.60 Å². The van der Waals surface area contributed by atoms with Gasteiger partial charge in [-0.3, -0.25) is 4.57 Å². The van der Waals surface area contributed by atoms with E-state index in [2.05, 4.69) is 64.2 Å². The maximum absolute atomic E-state index is 12.3. The molecular formula is C29H32N4O2S. The summed E-state index contributed by atoms with van der Waals surface area (Å²) in [6.07, 6.45) is 1.86. The van der Waals surface area contributed by atoms with Gasteiger partial charge in [-0.05, 0) is 69.7 Å². The molecule has 2 aromatic carbocycles. The second-order valence-electron chi connectivity index (χ2n) is 10.1. The molecule has 0 aliphatic carbocycles. The van der Waals surface area contributed by atoms with E-state index in [1.165, 1.54) is 16.1 Å². The van der Waals surface area contributed by atoms with Crippen molar-refractivity contribution in [3.63, 3.8) is 0 Å². The summed E-state index contributed by atoms with van der Waals surface area (Å²) in [6, 6.07) is 23.4. The van der Waals surface area contributed by atoms with Gasteiger partial charge in [-0.2, -0.15) is 0 Å². The van der Waals surface area contributed by atoms with Crippen molar-refractivity contribution in [2.24, 2.45) is 0 Å². The van der Waals surface area contributed by atoms with Crippen LogP contribution in [-0.2, 0) is 4.74 Å². The average molecular weight is 501 g/mol. The zero-order valence-corrected chi connectivity index (χ0v) is 22.1. The van der Waals surface area contributed by atoms with Crippen LogP contribution in [-0.4, -0.2) is 52.3 Å². The van der Waals surface area contributed by atoms with Crippen molar-refractivity contribution in [3.05, 3.63) is 78.6 Å². The summed E-state index contributed by atoms with van der Waals surface area (Å²) in [7, 11) is 0. The Labute approximate surface area is 216 Å². The number of hydrogen-bond donors (Lipinski definition) is 0. The van der Waals surface area contributed by atoms with Crippen LogP contribution in [0.25, 0.3) is 26.8 Å². The van der Waals surface area contributed by atoms with Gasteiger partial charge in [0.25, 0.3) is 0 Å². The number of thiophene rings is 1. The highest BCUT2D eigenvalue weighted by Crippen LogP contribution is 2.36. The first-order chi connectivity index (χ1) is 17.3. The highest BCUT2D eigenvalue weighted by atomic mass is 32.1. The average Bonchev–Trinajstić information content (AvgIpc) is 3.51. The summed E-state index contributed by atoms with van der Waals surface area (Å²) in [5, 5.41) is 0. The van der Waals surface area contributed by atoms with Crippen LogP contribution in [0.2, 0.25) is 0 Å². The van der Waals surface area contributed by atoms with E-state index in [0.717, 1.165) is 35.2 Å². The van der Waals surface area contributed by atoms with Gasteiger partial charge in [-0.1, -0.05) is 30.3 Å². The summed E-state index contributed by atoms with van der Waals surface area (Å²) >= 11 is 1.76. The number of ether oxygens (including phenoxy) is 1. The molecule has 1 fully saturated rings. The molecule has 2 aromatic heterocycles. The van der Waals surface area contributed by atoms with Gasteiger partial charge in [0.1, 0.15) is 5.60 Å². The molecule has 186 valence electrons. The summed E-state index contributed by atoms with van der Waals surface area (Å²) < 4.78 is 7.67. The third kappa shape index (κ3) is 5.31. The number of aryl methyl sites for hydroxylation is 1. The van der Waals surface area contributed by atoms with Gasteiger partial charge >= 0.3 is 6.09 Å². The number of nitrogens with zero attached hydrogens (tertiary/aromatic N) is 4. The molecule has 1 aliphatic rings. The molecule has 3 heterocycles. The monoisotopic (exact) mass is 500 g/mol. The Hall–Kier alpha value is -3.58. The maximum atomic E-state index is 12.3. The summed E-state index contributed by atoms with van der Waals surface area (Å²) in [6.45, 7) is 10.7. The lowest BCUT2D eigenvalue weighted by Gasteiger charge is -2.36. The Bertz CT molecular complexity index is 1330. The molecule has 36 heavy (non-hydrogen) atoms. The minimum Gasteiger partial charge on any atom is -0.444 e. The molecule has 0 unspecified atom stereocenters. The standard InChI is InChI=1S/C29H32N4O2S/c1-21-20-33(24-8-6-5-7-9-24)27(30-21)26-15-14-25(36-26)22-10-12-23(13-11-22)31-16-18-32(19-17-31)28(34)35-29(2,3)4/h5-15,20H,16-19H2,1-4H3. The number of carbonyl (C=O) groups is 1. The van der Waals surface area contributed by atoms with Crippen molar-refractivity contribution in [3.8, 4) is 26.8 Å². The minimum absolute atomic E-state index is 0.228. The van der Waals surface area contributed by atoms with Gasteiger partial charge in [-0.15, -0.1) is 11.3 Å². The van der Waals surface area contributed by atoms with E-state index in [1.54, 1.807) is 16.2 Å². The minimum atomic E-state index is -0.467. The number of aromatic nitrogens is 2. The highest BCUT2D eigenvalue weighted by Gasteiger charge is 2.26. The van der Waals surface area contributed by atoms with Crippen LogP contribution in [0.1, 0.15) is 26.5 Å². The topological polar surface area (TPSA) is 50.6 Å². The van der Waals surface area contributed by atoms with Crippen LogP contribution in [0, 0.1) is 6.92 Å². The van der Waals surface area contributed by atoms with Crippen molar-refractivity contribution in [2.75, 3.05) is 31.1 Å². The maximum Gasteiger partial charge on any atom is 0.410 e. The van der Waals surface area contributed by atoms with Gasteiger partial charge in [0.15, 0.2) is 5.82 Å². The van der Waals surface area contributed by atoms with Gasteiger partial charge in [0, 0.05) is 48.6 Å².